The van der Waals surface area contributed by atoms with Crippen molar-refractivity contribution in [2.75, 3.05) is 5.32 Å². The van der Waals surface area contributed by atoms with E-state index in [1.807, 2.05) is 19.1 Å². The maximum absolute atomic E-state index is 11.2. The zero-order valence-corrected chi connectivity index (χ0v) is 9.30. The summed E-state index contributed by atoms with van der Waals surface area (Å²) in [6.45, 7) is 1.94. The van der Waals surface area contributed by atoms with Crippen molar-refractivity contribution in [2.24, 2.45) is 0 Å². The van der Waals surface area contributed by atoms with Crippen molar-refractivity contribution < 1.29 is 4.79 Å². The molecule has 0 saturated carbocycles. The number of thiocarbonyl (C=S) groups is 1. The topological polar surface area (TPSA) is 54.0 Å². The molecule has 0 atom stereocenters. The number of rotatable bonds is 3. The normalized spacial score (nSPS) is 9.40. The van der Waals surface area contributed by atoms with E-state index in [-0.39, 0.29) is 11.0 Å². The molecule has 0 radical (unpaired) electrons. The van der Waals surface area contributed by atoms with Gasteiger partial charge in [0.2, 0.25) is 5.91 Å². The number of aromatic nitrogens is 1. The Morgan fingerprint density at radius 1 is 1.53 bits per heavy atom. The highest BCUT2D eigenvalue weighted by molar-refractivity contribution is 7.80. The summed E-state index contributed by atoms with van der Waals surface area (Å²) < 4.78 is 0. The van der Waals surface area contributed by atoms with E-state index in [4.69, 9.17) is 12.2 Å². The summed E-state index contributed by atoms with van der Waals surface area (Å²) in [7, 11) is 0. The molecule has 0 aliphatic carbocycles. The van der Waals surface area contributed by atoms with Crippen LogP contribution in [0.15, 0.2) is 24.4 Å². The Morgan fingerprint density at radius 3 is 2.93 bits per heavy atom. The molecule has 0 unspecified atom stereocenters. The number of hydrogen-bond donors (Lipinski definition) is 2. The molecule has 0 bridgehead atoms. The van der Waals surface area contributed by atoms with Crippen molar-refractivity contribution in [3.8, 4) is 0 Å². The first-order valence-corrected chi connectivity index (χ1v) is 5.15. The molecular weight excluding hydrogens is 210 g/mol. The Labute approximate surface area is 94.1 Å². The van der Waals surface area contributed by atoms with Gasteiger partial charge in [-0.1, -0.05) is 13.0 Å². The highest BCUT2D eigenvalue weighted by atomic mass is 32.1. The molecule has 0 aliphatic heterocycles. The van der Waals surface area contributed by atoms with E-state index in [1.165, 1.54) is 0 Å². The van der Waals surface area contributed by atoms with Crippen LogP contribution in [0.2, 0.25) is 0 Å². The molecule has 0 aromatic carbocycles. The Kier molecular flexibility index (Phi) is 4.70. The number of amides is 1. The smallest absolute Gasteiger partial charge is 0.226 e. The molecular formula is C10H13N3OS. The van der Waals surface area contributed by atoms with Gasteiger partial charge in [0, 0.05) is 12.6 Å². The summed E-state index contributed by atoms with van der Waals surface area (Å²) in [5.41, 5.74) is 0. The zero-order valence-electron chi connectivity index (χ0n) is 8.49. The van der Waals surface area contributed by atoms with E-state index in [2.05, 4.69) is 15.6 Å². The second kappa shape index (κ2) is 6.08. The minimum Gasteiger partial charge on any atom is -0.317 e. The summed E-state index contributed by atoms with van der Waals surface area (Å²) in [4.78, 5) is 15.2. The van der Waals surface area contributed by atoms with Gasteiger partial charge in [-0.2, -0.15) is 0 Å². The highest BCUT2D eigenvalue weighted by Gasteiger charge is 2.03. The van der Waals surface area contributed by atoms with Crippen LogP contribution < -0.4 is 10.6 Å². The van der Waals surface area contributed by atoms with Crippen molar-refractivity contribution >= 4 is 29.1 Å². The van der Waals surface area contributed by atoms with E-state index in [9.17, 15) is 4.79 Å². The Hall–Kier alpha value is -1.49. The summed E-state index contributed by atoms with van der Waals surface area (Å²) >= 11 is 4.94. The van der Waals surface area contributed by atoms with Gasteiger partial charge in [0.15, 0.2) is 5.11 Å². The largest absolute Gasteiger partial charge is 0.317 e. The van der Waals surface area contributed by atoms with Crippen molar-refractivity contribution in [2.45, 2.75) is 19.8 Å². The molecule has 1 heterocycles. The second-order valence-electron chi connectivity index (χ2n) is 2.97. The summed E-state index contributed by atoms with van der Waals surface area (Å²) in [5, 5.41) is 5.67. The lowest BCUT2D eigenvalue weighted by Crippen LogP contribution is -2.34. The Bertz CT molecular complexity index is 340. The van der Waals surface area contributed by atoms with Gasteiger partial charge in [0.25, 0.3) is 0 Å². The van der Waals surface area contributed by atoms with Gasteiger partial charge in [0.1, 0.15) is 5.82 Å². The predicted octanol–water partition coefficient (Wildman–Crippen LogP) is 1.69. The minimum atomic E-state index is -0.0778. The standard InChI is InChI=1S/C10H13N3OS/c1-2-5-9(14)13-10(15)12-8-6-3-4-7-11-8/h3-4,6-7H,2,5H2,1H3,(H2,11,12,13,14,15). The third-order valence-corrected chi connectivity index (χ3v) is 1.84. The van der Waals surface area contributed by atoms with Crippen molar-refractivity contribution in [3.05, 3.63) is 24.4 Å². The third kappa shape index (κ3) is 4.51. The van der Waals surface area contributed by atoms with E-state index in [1.54, 1.807) is 12.3 Å². The first-order chi connectivity index (χ1) is 7.22. The number of carbonyl (C=O) groups excluding carboxylic acids is 1. The fraction of sp³-hybridized carbons (Fsp3) is 0.300. The highest BCUT2D eigenvalue weighted by Crippen LogP contribution is 1.99. The monoisotopic (exact) mass is 223 g/mol. The molecule has 1 amide bonds. The number of pyridine rings is 1. The van der Waals surface area contributed by atoms with Gasteiger partial charge in [-0.05, 0) is 30.8 Å². The fourth-order valence-corrected chi connectivity index (χ4v) is 1.22. The van der Waals surface area contributed by atoms with Gasteiger partial charge in [-0.3, -0.25) is 4.79 Å². The summed E-state index contributed by atoms with van der Waals surface area (Å²) in [6, 6.07) is 5.42. The lowest BCUT2D eigenvalue weighted by Gasteiger charge is -2.07. The maximum Gasteiger partial charge on any atom is 0.226 e. The minimum absolute atomic E-state index is 0.0778. The van der Waals surface area contributed by atoms with Crippen molar-refractivity contribution in [3.63, 3.8) is 0 Å². The van der Waals surface area contributed by atoms with Crippen LogP contribution in [0.25, 0.3) is 0 Å². The van der Waals surface area contributed by atoms with Crippen LogP contribution in [-0.2, 0) is 4.79 Å². The van der Waals surface area contributed by atoms with Crippen LogP contribution in [0.4, 0.5) is 5.82 Å². The molecule has 0 saturated heterocycles. The maximum atomic E-state index is 11.2. The lowest BCUT2D eigenvalue weighted by atomic mass is 10.3. The van der Waals surface area contributed by atoms with Gasteiger partial charge in [-0.25, -0.2) is 4.98 Å². The molecule has 0 spiro atoms. The van der Waals surface area contributed by atoms with Crippen LogP contribution in [0, 0.1) is 0 Å². The first-order valence-electron chi connectivity index (χ1n) is 4.74. The van der Waals surface area contributed by atoms with Gasteiger partial charge in [0.05, 0.1) is 0 Å². The molecule has 1 aromatic rings. The van der Waals surface area contributed by atoms with Crippen LogP contribution >= 0.6 is 12.2 Å². The summed E-state index contributed by atoms with van der Waals surface area (Å²) in [5.74, 6) is 0.547. The zero-order chi connectivity index (χ0) is 11.1. The molecule has 5 heteroatoms. The number of nitrogens with one attached hydrogen (secondary N) is 2. The van der Waals surface area contributed by atoms with Crippen LogP contribution in [0.5, 0.6) is 0 Å². The summed E-state index contributed by atoms with van der Waals surface area (Å²) in [6.07, 6.45) is 2.93. The predicted molar refractivity (Wildman–Crippen MR) is 63.5 cm³/mol. The Morgan fingerprint density at radius 2 is 2.33 bits per heavy atom. The molecule has 80 valence electrons. The van der Waals surface area contributed by atoms with Crippen LogP contribution in [-0.4, -0.2) is 16.0 Å². The molecule has 2 N–H and O–H groups in total. The first kappa shape index (κ1) is 11.6. The average molecular weight is 223 g/mol. The number of carbonyl (C=O) groups is 1. The SMILES string of the molecule is CCCC(=O)NC(=S)Nc1ccccn1. The lowest BCUT2D eigenvalue weighted by molar-refractivity contribution is -0.119. The van der Waals surface area contributed by atoms with Crippen LogP contribution in [0.3, 0.4) is 0 Å². The van der Waals surface area contributed by atoms with E-state index >= 15 is 0 Å². The van der Waals surface area contributed by atoms with E-state index in [0.717, 1.165) is 6.42 Å². The van der Waals surface area contributed by atoms with Crippen LogP contribution in [0.1, 0.15) is 19.8 Å². The molecule has 1 aromatic heterocycles. The van der Waals surface area contributed by atoms with E-state index in [0.29, 0.717) is 12.2 Å². The van der Waals surface area contributed by atoms with Gasteiger partial charge in [-0.15, -0.1) is 0 Å². The van der Waals surface area contributed by atoms with Crippen molar-refractivity contribution in [1.29, 1.82) is 0 Å². The third-order valence-electron chi connectivity index (χ3n) is 1.64. The number of hydrogen-bond acceptors (Lipinski definition) is 3. The van der Waals surface area contributed by atoms with E-state index < -0.39 is 0 Å². The number of nitrogens with zero attached hydrogens (tertiary/aromatic N) is 1. The van der Waals surface area contributed by atoms with Gasteiger partial charge < -0.3 is 10.6 Å². The molecule has 0 fully saturated rings. The average Bonchev–Trinajstić information content (AvgIpc) is 2.19. The second-order valence-corrected chi connectivity index (χ2v) is 3.38. The fourth-order valence-electron chi connectivity index (χ4n) is 1.00. The molecule has 4 nitrogen and oxygen atoms in total. The number of anilines is 1. The van der Waals surface area contributed by atoms with Gasteiger partial charge >= 0.3 is 0 Å². The molecule has 15 heavy (non-hydrogen) atoms. The molecule has 1 rings (SSSR count). The Balaban J connectivity index is 2.40. The molecule has 0 aliphatic rings. The quantitative estimate of drug-likeness (QED) is 0.766. The van der Waals surface area contributed by atoms with Crippen molar-refractivity contribution in [1.82, 2.24) is 10.3 Å².